The van der Waals surface area contributed by atoms with E-state index >= 15 is 0 Å². The zero-order chi connectivity index (χ0) is 19.4. The van der Waals surface area contributed by atoms with Gasteiger partial charge in [-0.2, -0.15) is 0 Å². The van der Waals surface area contributed by atoms with Gasteiger partial charge in [-0.05, 0) is 18.4 Å². The number of aromatic nitrogens is 2. The number of benzene rings is 1. The second-order valence-corrected chi connectivity index (χ2v) is 6.59. The summed E-state index contributed by atoms with van der Waals surface area (Å²) in [4.78, 5) is 41.4. The maximum absolute atomic E-state index is 13.1. The van der Waals surface area contributed by atoms with E-state index < -0.39 is 22.9 Å². The first kappa shape index (κ1) is 18.8. The molecule has 1 saturated carbocycles. The van der Waals surface area contributed by atoms with Crippen LogP contribution >= 0.6 is 0 Å². The van der Waals surface area contributed by atoms with Gasteiger partial charge in [0.25, 0.3) is 5.56 Å². The minimum Gasteiger partial charge on any atom is -0.505 e. The Bertz CT molecular complexity index is 940. The number of unbranched alkanes of at least 4 members (excludes halogenated alkanes) is 1. The van der Waals surface area contributed by atoms with Crippen LogP contribution in [0.15, 0.2) is 46.9 Å². The number of Topliss-reactive ketones (excluding diaryl/α,β-unsaturated/α-hetero) is 2. The zero-order valence-electron chi connectivity index (χ0n) is 15.3. The summed E-state index contributed by atoms with van der Waals surface area (Å²) < 4.78 is 1.55. The lowest BCUT2D eigenvalue weighted by Crippen LogP contribution is -2.29. The zero-order valence-corrected chi connectivity index (χ0v) is 15.3. The highest BCUT2D eigenvalue weighted by molar-refractivity contribution is 6.25. The SMILES string of the molecule is CCCCn1c(-c2ccccc2)cnc(C(O)=C2C(=O)CCCC2=O)c1=O. The normalized spacial score (nSPS) is 14.5. The summed E-state index contributed by atoms with van der Waals surface area (Å²) in [5, 5.41) is 10.5. The van der Waals surface area contributed by atoms with Crippen molar-refractivity contribution in [1.82, 2.24) is 9.55 Å². The van der Waals surface area contributed by atoms with Gasteiger partial charge in [0.1, 0.15) is 5.57 Å². The predicted molar refractivity (Wildman–Crippen MR) is 102 cm³/mol. The number of aliphatic hydroxyl groups is 1. The molecule has 0 saturated heterocycles. The van der Waals surface area contributed by atoms with E-state index in [1.807, 2.05) is 37.3 Å². The van der Waals surface area contributed by atoms with Crippen molar-refractivity contribution in [2.45, 2.75) is 45.6 Å². The third-order valence-corrected chi connectivity index (χ3v) is 4.69. The molecule has 1 aliphatic rings. The summed E-state index contributed by atoms with van der Waals surface area (Å²) in [5.74, 6) is -1.46. The smallest absolute Gasteiger partial charge is 0.280 e. The number of allylic oxidation sites excluding steroid dienone is 1. The van der Waals surface area contributed by atoms with E-state index in [1.54, 1.807) is 4.57 Å². The molecule has 6 nitrogen and oxygen atoms in total. The molecule has 1 heterocycles. The topological polar surface area (TPSA) is 89.3 Å². The molecule has 140 valence electrons. The molecule has 1 aromatic heterocycles. The van der Waals surface area contributed by atoms with E-state index in [2.05, 4.69) is 4.98 Å². The molecule has 0 bridgehead atoms. The lowest BCUT2D eigenvalue weighted by atomic mass is 9.90. The fraction of sp³-hybridized carbons (Fsp3) is 0.333. The van der Waals surface area contributed by atoms with Crippen molar-refractivity contribution in [1.29, 1.82) is 0 Å². The van der Waals surface area contributed by atoms with Crippen molar-refractivity contribution < 1.29 is 14.7 Å². The van der Waals surface area contributed by atoms with Crippen molar-refractivity contribution in [3.63, 3.8) is 0 Å². The molecule has 6 heteroatoms. The molecule has 0 spiro atoms. The Morgan fingerprint density at radius 3 is 2.41 bits per heavy atom. The highest BCUT2D eigenvalue weighted by atomic mass is 16.3. The molecular formula is C21H22N2O4. The third-order valence-electron chi connectivity index (χ3n) is 4.69. The quantitative estimate of drug-likeness (QED) is 0.498. The fourth-order valence-corrected chi connectivity index (χ4v) is 3.23. The van der Waals surface area contributed by atoms with E-state index in [1.165, 1.54) is 6.20 Å². The van der Waals surface area contributed by atoms with Crippen LogP contribution < -0.4 is 5.56 Å². The summed E-state index contributed by atoms with van der Waals surface area (Å²) in [6.07, 6.45) is 4.03. The Balaban J connectivity index is 2.17. The lowest BCUT2D eigenvalue weighted by molar-refractivity contribution is -0.123. The molecule has 0 radical (unpaired) electrons. The first-order valence-electron chi connectivity index (χ1n) is 9.19. The molecule has 0 atom stereocenters. The Labute approximate surface area is 157 Å². The van der Waals surface area contributed by atoms with Crippen LogP contribution in [0.3, 0.4) is 0 Å². The number of carbonyl (C=O) groups is 2. The van der Waals surface area contributed by atoms with Crippen LogP contribution in [0, 0.1) is 0 Å². The Morgan fingerprint density at radius 2 is 1.78 bits per heavy atom. The predicted octanol–water partition coefficient (Wildman–Crippen LogP) is 3.30. The molecule has 1 N–H and O–H groups in total. The number of nitrogens with zero attached hydrogens (tertiary/aromatic N) is 2. The lowest BCUT2D eigenvalue weighted by Gasteiger charge is -2.16. The Morgan fingerprint density at radius 1 is 1.11 bits per heavy atom. The number of aliphatic hydroxyl groups excluding tert-OH is 1. The van der Waals surface area contributed by atoms with Gasteiger partial charge in [-0.3, -0.25) is 14.4 Å². The van der Waals surface area contributed by atoms with Crippen LogP contribution in [0.1, 0.15) is 44.7 Å². The molecule has 2 aromatic rings. The second kappa shape index (κ2) is 8.12. The maximum Gasteiger partial charge on any atom is 0.280 e. The van der Waals surface area contributed by atoms with Crippen LogP contribution in [-0.2, 0) is 16.1 Å². The summed E-state index contributed by atoms with van der Waals surface area (Å²) in [5.41, 5.74) is 0.435. The fourth-order valence-electron chi connectivity index (χ4n) is 3.23. The van der Waals surface area contributed by atoms with Gasteiger partial charge in [-0.15, -0.1) is 0 Å². The summed E-state index contributed by atoms with van der Waals surface area (Å²) in [7, 11) is 0. The highest BCUT2D eigenvalue weighted by Gasteiger charge is 2.29. The average molecular weight is 366 g/mol. The average Bonchev–Trinajstić information content (AvgIpc) is 2.67. The van der Waals surface area contributed by atoms with Gasteiger partial charge in [-0.1, -0.05) is 43.7 Å². The summed E-state index contributed by atoms with van der Waals surface area (Å²) in [6, 6.07) is 9.39. The van der Waals surface area contributed by atoms with Gasteiger partial charge in [0.15, 0.2) is 23.0 Å². The Kier molecular flexibility index (Phi) is 5.64. The highest BCUT2D eigenvalue weighted by Crippen LogP contribution is 2.24. The van der Waals surface area contributed by atoms with Crippen LogP contribution in [-0.4, -0.2) is 26.2 Å². The number of ketones is 2. The molecule has 0 amide bonds. The Hall–Kier alpha value is -3.02. The molecule has 1 aliphatic carbocycles. The first-order chi connectivity index (χ1) is 13.0. The van der Waals surface area contributed by atoms with E-state index in [0.717, 1.165) is 18.4 Å². The van der Waals surface area contributed by atoms with Crippen molar-refractivity contribution in [3.8, 4) is 11.3 Å². The third kappa shape index (κ3) is 3.74. The van der Waals surface area contributed by atoms with E-state index in [9.17, 15) is 19.5 Å². The number of rotatable bonds is 5. The molecule has 3 rings (SSSR count). The first-order valence-corrected chi connectivity index (χ1v) is 9.19. The van der Waals surface area contributed by atoms with Gasteiger partial charge in [0, 0.05) is 19.4 Å². The number of carbonyl (C=O) groups excluding carboxylic acids is 2. The standard InChI is InChI=1S/C21H22N2O4/c1-2-3-12-23-15(14-8-5-4-6-9-14)13-22-19(21(23)27)20(26)18-16(24)10-7-11-17(18)25/h4-6,8-9,13,26H,2-3,7,10-12H2,1H3. The molecule has 1 aromatic carbocycles. The van der Waals surface area contributed by atoms with Crippen LogP contribution in [0.5, 0.6) is 0 Å². The second-order valence-electron chi connectivity index (χ2n) is 6.59. The van der Waals surface area contributed by atoms with Crippen molar-refractivity contribution in [2.24, 2.45) is 0 Å². The monoisotopic (exact) mass is 366 g/mol. The van der Waals surface area contributed by atoms with E-state index in [0.29, 0.717) is 18.7 Å². The van der Waals surface area contributed by atoms with Crippen molar-refractivity contribution >= 4 is 17.3 Å². The maximum atomic E-state index is 13.1. The van der Waals surface area contributed by atoms with Crippen LogP contribution in [0.2, 0.25) is 0 Å². The number of hydrogen-bond donors (Lipinski definition) is 1. The van der Waals surface area contributed by atoms with Crippen molar-refractivity contribution in [3.05, 3.63) is 58.1 Å². The molecule has 1 fully saturated rings. The molecular weight excluding hydrogens is 344 g/mol. The van der Waals surface area contributed by atoms with E-state index in [-0.39, 0.29) is 24.1 Å². The molecule has 27 heavy (non-hydrogen) atoms. The van der Waals surface area contributed by atoms with E-state index in [4.69, 9.17) is 0 Å². The van der Waals surface area contributed by atoms with Gasteiger partial charge in [-0.25, -0.2) is 4.98 Å². The van der Waals surface area contributed by atoms with Crippen LogP contribution in [0.25, 0.3) is 17.0 Å². The largest absolute Gasteiger partial charge is 0.505 e. The minimum absolute atomic E-state index is 0.192. The number of hydrogen-bond acceptors (Lipinski definition) is 5. The van der Waals surface area contributed by atoms with Crippen molar-refractivity contribution in [2.75, 3.05) is 0 Å². The summed E-state index contributed by atoms with van der Waals surface area (Å²) >= 11 is 0. The van der Waals surface area contributed by atoms with Gasteiger partial charge in [0.05, 0.1) is 11.9 Å². The molecule has 0 aliphatic heterocycles. The van der Waals surface area contributed by atoms with Gasteiger partial charge in [0.2, 0.25) is 0 Å². The summed E-state index contributed by atoms with van der Waals surface area (Å²) in [6.45, 7) is 2.48. The van der Waals surface area contributed by atoms with Gasteiger partial charge < -0.3 is 9.67 Å². The van der Waals surface area contributed by atoms with Gasteiger partial charge >= 0.3 is 0 Å². The van der Waals surface area contributed by atoms with Crippen LogP contribution in [0.4, 0.5) is 0 Å². The minimum atomic E-state index is -0.598. The molecule has 0 unspecified atom stereocenters.